The van der Waals surface area contributed by atoms with Crippen molar-refractivity contribution in [3.05, 3.63) is 23.8 Å². The summed E-state index contributed by atoms with van der Waals surface area (Å²) < 4.78 is 50.6. The minimum absolute atomic E-state index is 0.0000391. The van der Waals surface area contributed by atoms with E-state index in [0.29, 0.717) is 23.2 Å². The van der Waals surface area contributed by atoms with Gasteiger partial charge >= 0.3 is 6.18 Å². The first kappa shape index (κ1) is 17.1. The van der Waals surface area contributed by atoms with Crippen molar-refractivity contribution in [3.8, 4) is 11.5 Å². The lowest BCUT2D eigenvalue weighted by atomic mass is 10.2. The van der Waals surface area contributed by atoms with Gasteiger partial charge in [0.2, 0.25) is 0 Å². The van der Waals surface area contributed by atoms with E-state index < -0.39 is 12.8 Å². The number of hydrogen-bond acceptors (Lipinski definition) is 3. The molecule has 0 radical (unpaired) electrons. The van der Waals surface area contributed by atoms with Crippen LogP contribution in [-0.4, -0.2) is 33.1 Å². The Bertz CT molecular complexity index is 410. The Hall–Kier alpha value is -0.950. The first-order valence-corrected chi connectivity index (χ1v) is 7.08. The molecule has 114 valence electrons. The number of methoxy groups -OCH3 is 1. The zero-order valence-corrected chi connectivity index (χ0v) is 12.6. The zero-order valence-electron chi connectivity index (χ0n) is 11.0. The molecule has 0 aliphatic rings. The molecule has 0 aliphatic carbocycles. The monoisotopic (exact) mass is 356 g/mol. The van der Waals surface area contributed by atoms with E-state index in [1.165, 1.54) is 7.11 Å². The number of benzene rings is 1. The van der Waals surface area contributed by atoms with Crippen molar-refractivity contribution < 1.29 is 27.4 Å². The Kier molecular flexibility index (Phi) is 7.15. The molecule has 7 heteroatoms. The first-order chi connectivity index (χ1) is 9.46. The molecule has 1 aromatic carbocycles. The highest BCUT2D eigenvalue weighted by molar-refractivity contribution is 9.08. The van der Waals surface area contributed by atoms with Gasteiger partial charge in [0.1, 0.15) is 6.61 Å². The van der Waals surface area contributed by atoms with Gasteiger partial charge in [-0.1, -0.05) is 22.0 Å². The highest BCUT2D eigenvalue weighted by atomic mass is 79.9. The van der Waals surface area contributed by atoms with E-state index in [0.717, 1.165) is 5.56 Å². The van der Waals surface area contributed by atoms with E-state index in [1.807, 2.05) is 12.1 Å². The van der Waals surface area contributed by atoms with E-state index in [9.17, 15) is 13.2 Å². The van der Waals surface area contributed by atoms with Crippen LogP contribution >= 0.6 is 15.9 Å². The van der Waals surface area contributed by atoms with E-state index in [2.05, 4.69) is 20.7 Å². The molecule has 1 rings (SSSR count). The highest BCUT2D eigenvalue weighted by Crippen LogP contribution is 2.28. The molecule has 0 saturated heterocycles. The third kappa shape index (κ3) is 6.47. The molecule has 1 aromatic rings. The van der Waals surface area contributed by atoms with Crippen LogP contribution in [0.2, 0.25) is 0 Å². The quantitative estimate of drug-likeness (QED) is 0.521. The lowest BCUT2D eigenvalue weighted by Crippen LogP contribution is -2.18. The van der Waals surface area contributed by atoms with E-state index in [-0.39, 0.29) is 13.2 Å². The van der Waals surface area contributed by atoms with E-state index in [1.54, 1.807) is 6.07 Å². The van der Waals surface area contributed by atoms with E-state index in [4.69, 9.17) is 9.47 Å². The second-order valence-electron chi connectivity index (χ2n) is 3.99. The molecule has 3 nitrogen and oxygen atoms in total. The largest absolute Gasteiger partial charge is 0.493 e. The molecule has 0 heterocycles. The van der Waals surface area contributed by atoms with Crippen molar-refractivity contribution in [1.29, 1.82) is 0 Å². The molecule has 0 bridgehead atoms. The Balaban J connectivity index is 2.34. The van der Waals surface area contributed by atoms with Gasteiger partial charge in [0.25, 0.3) is 0 Å². The topological polar surface area (TPSA) is 27.7 Å². The second-order valence-corrected chi connectivity index (χ2v) is 4.55. The fourth-order valence-electron chi connectivity index (χ4n) is 1.45. The number of ether oxygens (including phenoxy) is 3. The van der Waals surface area contributed by atoms with Crippen molar-refractivity contribution in [1.82, 2.24) is 0 Å². The summed E-state index contributed by atoms with van der Waals surface area (Å²) in [5.41, 5.74) is 1.02. The summed E-state index contributed by atoms with van der Waals surface area (Å²) in [6, 6.07) is 5.50. The number of halogens is 4. The van der Waals surface area contributed by atoms with Crippen molar-refractivity contribution in [2.75, 3.05) is 26.9 Å². The lowest BCUT2D eigenvalue weighted by molar-refractivity contribution is -0.174. The first-order valence-electron chi connectivity index (χ1n) is 5.96. The summed E-state index contributed by atoms with van der Waals surface area (Å²) in [5, 5.41) is 0.683. The molecular weight excluding hydrogens is 341 g/mol. The third-order valence-electron chi connectivity index (χ3n) is 2.34. The lowest BCUT2D eigenvalue weighted by Gasteiger charge is -2.12. The fourth-order valence-corrected chi connectivity index (χ4v) is 1.80. The normalized spacial score (nSPS) is 11.4. The summed E-state index contributed by atoms with van der Waals surface area (Å²) in [6.07, 6.45) is -3.91. The van der Waals surface area contributed by atoms with Gasteiger partial charge in [0, 0.05) is 11.8 Å². The highest BCUT2D eigenvalue weighted by Gasteiger charge is 2.27. The van der Waals surface area contributed by atoms with Gasteiger partial charge in [0.05, 0.1) is 20.3 Å². The molecule has 20 heavy (non-hydrogen) atoms. The molecule has 0 spiro atoms. The molecule has 0 saturated carbocycles. The minimum atomic E-state index is -4.28. The summed E-state index contributed by atoms with van der Waals surface area (Å²) in [5.74, 6) is 1.16. The van der Waals surface area contributed by atoms with Crippen LogP contribution in [-0.2, 0) is 10.1 Å². The van der Waals surface area contributed by atoms with Gasteiger partial charge in [-0.25, -0.2) is 0 Å². The maximum absolute atomic E-state index is 11.8. The maximum Gasteiger partial charge on any atom is 0.411 e. The fraction of sp³-hybridized carbons (Fsp3) is 0.538. The summed E-state index contributed by atoms with van der Waals surface area (Å²) >= 11 is 3.34. The summed E-state index contributed by atoms with van der Waals surface area (Å²) in [6.45, 7) is -0.963. The van der Waals surface area contributed by atoms with Crippen LogP contribution in [0, 0.1) is 0 Å². The predicted molar refractivity (Wildman–Crippen MR) is 72.6 cm³/mol. The van der Waals surface area contributed by atoms with Crippen LogP contribution in [0.5, 0.6) is 11.5 Å². The van der Waals surface area contributed by atoms with Gasteiger partial charge in [-0.15, -0.1) is 0 Å². The Morgan fingerprint density at radius 2 is 1.90 bits per heavy atom. The molecule has 0 N–H and O–H groups in total. The van der Waals surface area contributed by atoms with Crippen LogP contribution in [0.15, 0.2) is 18.2 Å². The van der Waals surface area contributed by atoms with Crippen molar-refractivity contribution in [3.63, 3.8) is 0 Å². The van der Waals surface area contributed by atoms with Crippen LogP contribution in [0.3, 0.4) is 0 Å². The minimum Gasteiger partial charge on any atom is -0.493 e. The van der Waals surface area contributed by atoms with Crippen molar-refractivity contribution >= 4 is 15.9 Å². The summed E-state index contributed by atoms with van der Waals surface area (Å²) in [4.78, 5) is 0. The molecule has 0 atom stereocenters. The van der Waals surface area contributed by atoms with Gasteiger partial charge < -0.3 is 14.2 Å². The number of alkyl halides is 4. The zero-order chi connectivity index (χ0) is 15.0. The molecule has 0 fully saturated rings. The third-order valence-corrected chi connectivity index (χ3v) is 2.99. The molecule has 0 amide bonds. The summed E-state index contributed by atoms with van der Waals surface area (Å²) in [7, 11) is 1.53. The molecular formula is C13H16BrF3O3. The molecule has 0 aliphatic heterocycles. The average Bonchev–Trinajstić information content (AvgIpc) is 2.41. The molecule has 0 unspecified atom stereocenters. The maximum atomic E-state index is 11.8. The van der Waals surface area contributed by atoms with Crippen molar-refractivity contribution in [2.24, 2.45) is 0 Å². The number of rotatable bonds is 8. The molecule has 0 aromatic heterocycles. The Morgan fingerprint density at radius 1 is 1.15 bits per heavy atom. The predicted octanol–water partition coefficient (Wildman–Crippen LogP) is 3.94. The van der Waals surface area contributed by atoms with Crippen LogP contribution in [0.25, 0.3) is 0 Å². The van der Waals surface area contributed by atoms with Crippen molar-refractivity contribution in [2.45, 2.75) is 17.9 Å². The van der Waals surface area contributed by atoms with E-state index >= 15 is 0 Å². The van der Waals surface area contributed by atoms with Gasteiger partial charge in [0.15, 0.2) is 11.5 Å². The van der Waals surface area contributed by atoms with Crippen LogP contribution in [0.4, 0.5) is 13.2 Å². The van der Waals surface area contributed by atoms with Gasteiger partial charge in [-0.3, -0.25) is 0 Å². The average molecular weight is 357 g/mol. The Labute approximate surface area is 124 Å². The van der Waals surface area contributed by atoms with Gasteiger partial charge in [-0.05, 0) is 17.7 Å². The SMILES string of the molecule is COc1ccc(CBr)cc1OCCCOCC(F)(F)F. The van der Waals surface area contributed by atoms with Gasteiger partial charge in [-0.2, -0.15) is 13.2 Å². The standard InChI is InChI=1S/C13H16BrF3O3/c1-18-11-4-3-10(8-14)7-12(11)20-6-2-5-19-9-13(15,16)17/h3-4,7H,2,5-6,8-9H2,1H3. The smallest absolute Gasteiger partial charge is 0.411 e. The van der Waals surface area contributed by atoms with Crippen LogP contribution < -0.4 is 9.47 Å². The second kappa shape index (κ2) is 8.36. The Morgan fingerprint density at radius 3 is 2.50 bits per heavy atom. The number of hydrogen-bond donors (Lipinski definition) is 0. The van der Waals surface area contributed by atoms with Crippen LogP contribution in [0.1, 0.15) is 12.0 Å².